The highest BCUT2D eigenvalue weighted by Crippen LogP contribution is 2.37. The Morgan fingerprint density at radius 2 is 2.38 bits per heavy atom. The molecule has 0 unspecified atom stereocenters. The maximum absolute atomic E-state index is 12.6. The van der Waals surface area contributed by atoms with Crippen molar-refractivity contribution >= 4 is 35.1 Å². The normalized spacial score (nSPS) is 18.1. The highest BCUT2D eigenvalue weighted by Gasteiger charge is 2.24. The number of aromatic amines is 1. The second-order valence-corrected chi connectivity index (χ2v) is 7.30. The molecule has 2 heterocycles. The van der Waals surface area contributed by atoms with Gasteiger partial charge in [-0.25, -0.2) is 0 Å². The van der Waals surface area contributed by atoms with E-state index in [-0.39, 0.29) is 5.91 Å². The molecule has 1 aliphatic heterocycles. The predicted molar refractivity (Wildman–Crippen MR) is 85.8 cm³/mol. The summed E-state index contributed by atoms with van der Waals surface area (Å²) in [5.41, 5.74) is 1.03. The van der Waals surface area contributed by atoms with Crippen LogP contribution in [0.1, 0.15) is 13.3 Å². The van der Waals surface area contributed by atoms with E-state index in [1.165, 1.54) is 16.7 Å². The zero-order valence-corrected chi connectivity index (χ0v) is 13.3. The molecule has 1 aromatic carbocycles. The van der Waals surface area contributed by atoms with Gasteiger partial charge in [-0.3, -0.25) is 4.79 Å². The molecule has 110 valence electrons. The fourth-order valence-electron chi connectivity index (χ4n) is 2.22. The maximum Gasteiger partial charge on any atom is 0.237 e. The van der Waals surface area contributed by atoms with Crippen LogP contribution in [0.4, 0.5) is 5.69 Å². The summed E-state index contributed by atoms with van der Waals surface area (Å²) in [6, 6.07) is 8.13. The molecule has 0 radical (unpaired) electrons. The van der Waals surface area contributed by atoms with Gasteiger partial charge in [0.2, 0.25) is 5.91 Å². The quantitative estimate of drug-likeness (QED) is 0.881. The Kier molecular flexibility index (Phi) is 4.50. The number of thioether (sulfide) groups is 2. The average molecular weight is 320 g/mol. The summed E-state index contributed by atoms with van der Waals surface area (Å²) in [6.45, 7) is 2.98. The van der Waals surface area contributed by atoms with Gasteiger partial charge in [0.15, 0.2) is 0 Å². The molecule has 2 aromatic rings. The summed E-state index contributed by atoms with van der Waals surface area (Å²) in [4.78, 5) is 15.6. The van der Waals surface area contributed by atoms with Crippen LogP contribution in [-0.2, 0) is 4.79 Å². The van der Waals surface area contributed by atoms with Crippen LogP contribution in [-0.4, -0.2) is 38.9 Å². The Bertz CT molecular complexity index is 617. The van der Waals surface area contributed by atoms with Crippen LogP contribution in [0.5, 0.6) is 0 Å². The monoisotopic (exact) mass is 320 g/mol. The van der Waals surface area contributed by atoms with Gasteiger partial charge in [-0.05, 0) is 18.6 Å². The molecule has 0 aliphatic carbocycles. The Morgan fingerprint density at radius 3 is 3.19 bits per heavy atom. The molecule has 0 saturated carbocycles. The van der Waals surface area contributed by atoms with E-state index in [0.717, 1.165) is 23.7 Å². The van der Waals surface area contributed by atoms with E-state index in [2.05, 4.69) is 28.4 Å². The lowest BCUT2D eigenvalue weighted by atomic mass is 10.2. The van der Waals surface area contributed by atoms with E-state index in [1.54, 1.807) is 6.20 Å². The molecule has 1 aromatic heterocycles. The summed E-state index contributed by atoms with van der Waals surface area (Å²) in [5, 5.41) is 11.5. The summed E-state index contributed by atoms with van der Waals surface area (Å²) in [6.07, 6.45) is 2.63. The SMILES string of the molecule is C[C@H]1CCN(C(=O)CSc2cn[nH]n2)c2ccccc2S1. The van der Waals surface area contributed by atoms with Gasteiger partial charge in [0.25, 0.3) is 0 Å². The first-order valence-corrected chi connectivity index (χ1v) is 8.65. The van der Waals surface area contributed by atoms with Gasteiger partial charge in [-0.1, -0.05) is 30.8 Å². The van der Waals surface area contributed by atoms with Crippen molar-refractivity contribution in [3.05, 3.63) is 30.5 Å². The molecule has 5 nitrogen and oxygen atoms in total. The van der Waals surface area contributed by atoms with Gasteiger partial charge in [0, 0.05) is 16.7 Å². The lowest BCUT2D eigenvalue weighted by molar-refractivity contribution is -0.116. The number of carbonyl (C=O) groups is 1. The van der Waals surface area contributed by atoms with Gasteiger partial charge in [-0.15, -0.1) is 16.9 Å². The minimum atomic E-state index is 0.116. The van der Waals surface area contributed by atoms with Crippen LogP contribution in [0.2, 0.25) is 0 Å². The van der Waals surface area contributed by atoms with E-state index in [1.807, 2.05) is 34.9 Å². The summed E-state index contributed by atoms with van der Waals surface area (Å²) in [7, 11) is 0. The summed E-state index contributed by atoms with van der Waals surface area (Å²) >= 11 is 3.25. The number of H-pyrrole nitrogens is 1. The number of amides is 1. The molecule has 7 heteroatoms. The molecule has 0 fully saturated rings. The van der Waals surface area contributed by atoms with Crippen LogP contribution in [0.3, 0.4) is 0 Å². The van der Waals surface area contributed by atoms with Crippen LogP contribution in [0.25, 0.3) is 0 Å². The Balaban J connectivity index is 1.76. The molecule has 0 bridgehead atoms. The lowest BCUT2D eigenvalue weighted by Crippen LogP contribution is -2.33. The molecular formula is C14H16N4OS2. The zero-order valence-electron chi connectivity index (χ0n) is 11.7. The largest absolute Gasteiger partial charge is 0.311 e. The Labute approximate surface area is 131 Å². The zero-order chi connectivity index (χ0) is 14.7. The number of benzene rings is 1. The van der Waals surface area contributed by atoms with Crippen LogP contribution in [0, 0.1) is 0 Å². The third-order valence-corrected chi connectivity index (χ3v) is 5.40. The average Bonchev–Trinajstić information content (AvgIpc) is 2.94. The number of aromatic nitrogens is 3. The topological polar surface area (TPSA) is 61.9 Å². The molecule has 3 rings (SSSR count). The van der Waals surface area contributed by atoms with Gasteiger partial charge in [0.05, 0.1) is 17.6 Å². The van der Waals surface area contributed by atoms with Gasteiger partial charge >= 0.3 is 0 Å². The van der Waals surface area contributed by atoms with Crippen LogP contribution in [0.15, 0.2) is 40.4 Å². The standard InChI is InChI=1S/C14H16N4OS2/c1-10-6-7-18(11-4-2-3-5-12(11)21-10)14(19)9-20-13-8-15-17-16-13/h2-5,8,10H,6-7,9H2,1H3,(H,15,16,17)/t10-/m0/s1. The molecule has 0 spiro atoms. The molecule has 21 heavy (non-hydrogen) atoms. The van der Waals surface area contributed by atoms with Crippen molar-refractivity contribution in [3.8, 4) is 0 Å². The maximum atomic E-state index is 12.6. The van der Waals surface area contributed by atoms with Crippen LogP contribution >= 0.6 is 23.5 Å². The second-order valence-electron chi connectivity index (χ2n) is 4.83. The minimum absolute atomic E-state index is 0.116. The molecule has 1 atom stereocenters. The van der Waals surface area contributed by atoms with E-state index in [9.17, 15) is 4.79 Å². The number of hydrogen-bond donors (Lipinski definition) is 1. The van der Waals surface area contributed by atoms with E-state index < -0.39 is 0 Å². The first-order valence-electron chi connectivity index (χ1n) is 6.78. The van der Waals surface area contributed by atoms with Crippen LogP contribution < -0.4 is 4.90 Å². The van der Waals surface area contributed by atoms with Crippen molar-refractivity contribution < 1.29 is 4.79 Å². The third kappa shape index (κ3) is 3.41. The van der Waals surface area contributed by atoms with Crippen molar-refractivity contribution in [2.24, 2.45) is 0 Å². The summed E-state index contributed by atoms with van der Waals surface area (Å²) in [5.74, 6) is 0.491. The lowest BCUT2D eigenvalue weighted by Gasteiger charge is -2.22. The predicted octanol–water partition coefficient (Wildman–Crippen LogP) is 2.81. The third-order valence-electron chi connectivity index (χ3n) is 3.28. The van der Waals surface area contributed by atoms with Crippen molar-refractivity contribution in [2.75, 3.05) is 17.2 Å². The van der Waals surface area contributed by atoms with Gasteiger partial charge < -0.3 is 4.90 Å². The highest BCUT2D eigenvalue weighted by atomic mass is 32.2. The molecule has 0 saturated heterocycles. The van der Waals surface area contributed by atoms with Crippen molar-refractivity contribution in [3.63, 3.8) is 0 Å². The molecule has 1 amide bonds. The van der Waals surface area contributed by atoms with Crippen molar-refractivity contribution in [1.29, 1.82) is 0 Å². The van der Waals surface area contributed by atoms with Crippen molar-refractivity contribution in [2.45, 2.75) is 28.5 Å². The first kappa shape index (κ1) is 14.5. The number of fused-ring (bicyclic) bond motifs is 1. The minimum Gasteiger partial charge on any atom is -0.311 e. The number of rotatable bonds is 3. The number of nitrogens with zero attached hydrogens (tertiary/aromatic N) is 3. The van der Waals surface area contributed by atoms with Gasteiger partial charge in [0.1, 0.15) is 5.03 Å². The smallest absolute Gasteiger partial charge is 0.237 e. The molecular weight excluding hydrogens is 304 g/mol. The molecule has 1 N–H and O–H groups in total. The van der Waals surface area contributed by atoms with E-state index >= 15 is 0 Å². The summed E-state index contributed by atoms with van der Waals surface area (Å²) < 4.78 is 0. The van der Waals surface area contributed by atoms with E-state index in [4.69, 9.17) is 0 Å². The number of carbonyl (C=O) groups excluding carboxylic acids is 1. The Hall–Kier alpha value is -1.47. The number of anilines is 1. The van der Waals surface area contributed by atoms with Gasteiger partial charge in [-0.2, -0.15) is 10.3 Å². The number of hydrogen-bond acceptors (Lipinski definition) is 5. The van der Waals surface area contributed by atoms with E-state index in [0.29, 0.717) is 11.0 Å². The fraction of sp³-hybridized carbons (Fsp3) is 0.357. The first-order chi connectivity index (χ1) is 10.2. The van der Waals surface area contributed by atoms with Crippen molar-refractivity contribution in [1.82, 2.24) is 15.4 Å². The second kappa shape index (κ2) is 6.53. The number of nitrogens with one attached hydrogen (secondary N) is 1. The highest BCUT2D eigenvalue weighted by molar-refractivity contribution is 8.00. The number of para-hydroxylation sites is 1. The Morgan fingerprint density at radius 1 is 1.52 bits per heavy atom. The molecule has 1 aliphatic rings. The fourth-order valence-corrected chi connectivity index (χ4v) is 3.99.